The maximum Gasteiger partial charge on any atom is 0.424 e. The normalized spacial score (nSPS) is 9.87. The minimum Gasteiger partial charge on any atom is -0.388 e. The topological polar surface area (TPSA) is 91.2 Å². The standard InChI is InChI=1S/C9H7N3O3/c10-8(13)15-9-12-11-7(14-9)6-4-2-1-3-5-6/h1-5H,(H2,10,13). The molecule has 0 spiro atoms. The molecule has 0 saturated heterocycles. The molecular weight excluding hydrogens is 198 g/mol. The minimum absolute atomic E-state index is 0.263. The molecule has 0 fully saturated rings. The van der Waals surface area contributed by atoms with E-state index >= 15 is 0 Å². The number of aromatic nitrogens is 2. The van der Waals surface area contributed by atoms with E-state index in [-0.39, 0.29) is 12.0 Å². The van der Waals surface area contributed by atoms with Gasteiger partial charge in [-0.25, -0.2) is 4.79 Å². The molecule has 1 aromatic heterocycles. The van der Waals surface area contributed by atoms with Crippen LogP contribution in [-0.2, 0) is 0 Å². The van der Waals surface area contributed by atoms with Gasteiger partial charge in [-0.05, 0) is 12.1 Å². The molecule has 0 aliphatic heterocycles. The first-order valence-corrected chi connectivity index (χ1v) is 4.12. The number of hydrogen-bond donors (Lipinski definition) is 1. The Morgan fingerprint density at radius 3 is 2.67 bits per heavy atom. The molecule has 1 heterocycles. The van der Waals surface area contributed by atoms with Gasteiger partial charge >= 0.3 is 12.2 Å². The van der Waals surface area contributed by atoms with Gasteiger partial charge in [0.1, 0.15) is 0 Å². The van der Waals surface area contributed by atoms with E-state index in [1.807, 2.05) is 18.2 Å². The van der Waals surface area contributed by atoms with E-state index in [9.17, 15) is 4.79 Å². The van der Waals surface area contributed by atoms with Crippen LogP contribution in [0.15, 0.2) is 34.7 Å². The summed E-state index contributed by atoms with van der Waals surface area (Å²) in [6.07, 6.45) is -1.25. The molecule has 76 valence electrons. The Balaban J connectivity index is 2.24. The molecule has 0 radical (unpaired) electrons. The molecule has 6 nitrogen and oxygen atoms in total. The lowest BCUT2D eigenvalue weighted by Gasteiger charge is -1.92. The van der Waals surface area contributed by atoms with Gasteiger partial charge in [-0.2, -0.15) is 0 Å². The largest absolute Gasteiger partial charge is 0.424 e. The number of amides is 1. The minimum atomic E-state index is -0.988. The summed E-state index contributed by atoms with van der Waals surface area (Å²) in [6.45, 7) is 0. The number of primary amides is 1. The van der Waals surface area contributed by atoms with Crippen molar-refractivity contribution >= 4 is 6.09 Å². The second kappa shape index (κ2) is 3.79. The van der Waals surface area contributed by atoms with E-state index in [1.54, 1.807) is 12.1 Å². The number of nitrogens with zero attached hydrogens (tertiary/aromatic N) is 2. The van der Waals surface area contributed by atoms with Crippen molar-refractivity contribution in [1.82, 2.24) is 10.2 Å². The fourth-order valence-electron chi connectivity index (χ4n) is 1.03. The highest BCUT2D eigenvalue weighted by Crippen LogP contribution is 2.19. The lowest BCUT2D eigenvalue weighted by atomic mass is 10.2. The molecule has 1 amide bonds. The van der Waals surface area contributed by atoms with Gasteiger partial charge in [0, 0.05) is 5.56 Å². The Labute approximate surface area is 84.7 Å². The fourth-order valence-corrected chi connectivity index (χ4v) is 1.03. The van der Waals surface area contributed by atoms with Gasteiger partial charge in [0.25, 0.3) is 5.89 Å². The van der Waals surface area contributed by atoms with Gasteiger partial charge in [-0.1, -0.05) is 23.3 Å². The molecule has 0 aliphatic carbocycles. The molecule has 0 aliphatic rings. The molecule has 0 unspecified atom stereocenters. The monoisotopic (exact) mass is 205 g/mol. The summed E-state index contributed by atoms with van der Waals surface area (Å²) in [6, 6.07) is 9.10. The first kappa shape index (κ1) is 9.20. The van der Waals surface area contributed by atoms with Crippen LogP contribution in [0.1, 0.15) is 0 Å². The summed E-state index contributed by atoms with van der Waals surface area (Å²) in [5.74, 6) is 0.270. The van der Waals surface area contributed by atoms with Gasteiger partial charge < -0.3 is 14.9 Å². The molecule has 0 atom stereocenters. The van der Waals surface area contributed by atoms with Gasteiger partial charge in [0.05, 0.1) is 0 Å². The van der Waals surface area contributed by atoms with Crippen LogP contribution in [-0.4, -0.2) is 16.3 Å². The van der Waals surface area contributed by atoms with Crippen LogP contribution in [0.25, 0.3) is 11.5 Å². The maximum absolute atomic E-state index is 10.4. The zero-order valence-corrected chi connectivity index (χ0v) is 7.58. The summed E-state index contributed by atoms with van der Waals surface area (Å²) in [4.78, 5) is 10.4. The Bertz CT molecular complexity index is 466. The summed E-state index contributed by atoms with van der Waals surface area (Å²) in [7, 11) is 0. The Kier molecular flexibility index (Phi) is 2.32. The van der Waals surface area contributed by atoms with E-state index in [2.05, 4.69) is 14.9 Å². The van der Waals surface area contributed by atoms with Crippen molar-refractivity contribution in [3.8, 4) is 17.5 Å². The van der Waals surface area contributed by atoms with E-state index in [0.717, 1.165) is 5.56 Å². The highest BCUT2D eigenvalue weighted by molar-refractivity contribution is 5.66. The number of carbonyl (C=O) groups excluding carboxylic acids is 1. The molecule has 6 heteroatoms. The SMILES string of the molecule is NC(=O)Oc1nnc(-c2ccccc2)o1. The first-order valence-electron chi connectivity index (χ1n) is 4.12. The number of rotatable bonds is 2. The van der Waals surface area contributed by atoms with Crippen LogP contribution in [0.2, 0.25) is 0 Å². The maximum atomic E-state index is 10.4. The van der Waals surface area contributed by atoms with Gasteiger partial charge in [-0.3, -0.25) is 0 Å². The first-order chi connectivity index (χ1) is 7.25. The van der Waals surface area contributed by atoms with E-state index in [1.165, 1.54) is 0 Å². The third-order valence-electron chi connectivity index (χ3n) is 1.62. The number of ether oxygens (including phenoxy) is 1. The van der Waals surface area contributed by atoms with Crippen molar-refractivity contribution in [2.75, 3.05) is 0 Å². The van der Waals surface area contributed by atoms with Crippen molar-refractivity contribution in [2.24, 2.45) is 5.73 Å². The van der Waals surface area contributed by atoms with Crippen molar-refractivity contribution in [3.63, 3.8) is 0 Å². The highest BCUT2D eigenvalue weighted by Gasteiger charge is 2.10. The van der Waals surface area contributed by atoms with Gasteiger partial charge in [0.15, 0.2) is 0 Å². The lowest BCUT2D eigenvalue weighted by molar-refractivity contribution is 0.195. The quantitative estimate of drug-likeness (QED) is 0.795. The summed E-state index contributed by atoms with van der Waals surface area (Å²) < 4.78 is 9.45. The Hall–Kier alpha value is -2.37. The second-order valence-corrected chi connectivity index (χ2v) is 2.66. The molecule has 0 bridgehead atoms. The number of benzene rings is 1. The van der Waals surface area contributed by atoms with Gasteiger partial charge in [0.2, 0.25) is 0 Å². The third-order valence-corrected chi connectivity index (χ3v) is 1.62. The zero-order valence-electron chi connectivity index (χ0n) is 7.58. The van der Waals surface area contributed by atoms with Crippen molar-refractivity contribution < 1.29 is 13.9 Å². The van der Waals surface area contributed by atoms with E-state index in [0.29, 0.717) is 0 Å². The molecule has 2 aromatic rings. The molecule has 1 aromatic carbocycles. The fraction of sp³-hybridized carbons (Fsp3) is 0. The van der Waals surface area contributed by atoms with Crippen LogP contribution in [0.3, 0.4) is 0 Å². The summed E-state index contributed by atoms with van der Waals surface area (Å²) in [5.41, 5.74) is 5.52. The Morgan fingerprint density at radius 2 is 2.00 bits per heavy atom. The number of carbonyl (C=O) groups is 1. The number of hydrogen-bond acceptors (Lipinski definition) is 5. The smallest absolute Gasteiger partial charge is 0.388 e. The van der Waals surface area contributed by atoms with Crippen LogP contribution in [0.4, 0.5) is 4.79 Å². The average molecular weight is 205 g/mol. The Morgan fingerprint density at radius 1 is 1.27 bits per heavy atom. The van der Waals surface area contributed by atoms with Crippen LogP contribution in [0, 0.1) is 0 Å². The van der Waals surface area contributed by atoms with E-state index < -0.39 is 6.09 Å². The van der Waals surface area contributed by atoms with Crippen LogP contribution in [0.5, 0.6) is 6.08 Å². The van der Waals surface area contributed by atoms with Crippen molar-refractivity contribution in [3.05, 3.63) is 30.3 Å². The lowest BCUT2D eigenvalue weighted by Crippen LogP contribution is -2.16. The summed E-state index contributed by atoms with van der Waals surface area (Å²) >= 11 is 0. The summed E-state index contributed by atoms with van der Waals surface area (Å²) in [5, 5.41) is 7.18. The van der Waals surface area contributed by atoms with Crippen molar-refractivity contribution in [1.29, 1.82) is 0 Å². The molecule has 2 N–H and O–H groups in total. The van der Waals surface area contributed by atoms with E-state index in [4.69, 9.17) is 10.2 Å². The predicted molar refractivity (Wildman–Crippen MR) is 49.9 cm³/mol. The second-order valence-electron chi connectivity index (χ2n) is 2.66. The molecule has 0 saturated carbocycles. The molecule has 15 heavy (non-hydrogen) atoms. The average Bonchev–Trinajstić information content (AvgIpc) is 2.67. The number of nitrogens with two attached hydrogens (primary N) is 1. The predicted octanol–water partition coefficient (Wildman–Crippen LogP) is 1.19. The van der Waals surface area contributed by atoms with Gasteiger partial charge in [-0.15, -0.1) is 5.10 Å². The van der Waals surface area contributed by atoms with Crippen LogP contribution < -0.4 is 10.5 Å². The molecular formula is C9H7N3O3. The zero-order chi connectivity index (χ0) is 10.7. The highest BCUT2D eigenvalue weighted by atomic mass is 16.6. The van der Waals surface area contributed by atoms with Crippen molar-refractivity contribution in [2.45, 2.75) is 0 Å². The van der Waals surface area contributed by atoms with Crippen LogP contribution >= 0.6 is 0 Å². The molecule has 2 rings (SSSR count). The third kappa shape index (κ3) is 2.11.